The third-order valence-electron chi connectivity index (χ3n) is 5.32. The molecule has 11 nitrogen and oxygen atoms in total. The molecule has 0 aliphatic rings. The van der Waals surface area contributed by atoms with E-state index in [0.717, 1.165) is 10.6 Å². The number of aromatic hydroxyl groups is 3. The third kappa shape index (κ3) is 3.58. The summed E-state index contributed by atoms with van der Waals surface area (Å²) >= 11 is 0. The number of rotatable bonds is 1. The van der Waals surface area contributed by atoms with E-state index in [2.05, 4.69) is 4.98 Å². The number of hydrogen-bond donors (Lipinski definition) is 3. The summed E-state index contributed by atoms with van der Waals surface area (Å²) in [6.45, 7) is 0. The lowest BCUT2D eigenvalue weighted by Gasteiger charge is -2.06. The lowest BCUT2D eigenvalue weighted by molar-refractivity contribution is 0.370. The molecule has 0 saturated carbocycles. The average molecular weight is 464 g/mol. The van der Waals surface area contributed by atoms with Crippen LogP contribution in [0.3, 0.4) is 0 Å². The number of aryl methyl sites for hydroxylation is 2. The van der Waals surface area contributed by atoms with Gasteiger partial charge in [0.15, 0.2) is 28.1 Å². The molecule has 3 heterocycles. The van der Waals surface area contributed by atoms with Gasteiger partial charge < -0.3 is 24.3 Å². The van der Waals surface area contributed by atoms with Crippen LogP contribution >= 0.6 is 0 Å². The van der Waals surface area contributed by atoms with Crippen LogP contribution in [-0.4, -0.2) is 34.0 Å². The van der Waals surface area contributed by atoms with Gasteiger partial charge in [0, 0.05) is 38.8 Å². The molecule has 11 heteroatoms. The Morgan fingerprint density at radius 1 is 0.882 bits per heavy atom. The molecule has 0 fully saturated rings. The molecule has 3 N–H and O–H groups in total. The normalized spacial score (nSPS) is 10.9. The molecule has 0 radical (unpaired) electrons. The van der Waals surface area contributed by atoms with Gasteiger partial charge in [-0.3, -0.25) is 18.7 Å². The first-order valence-corrected chi connectivity index (χ1v) is 9.96. The summed E-state index contributed by atoms with van der Waals surface area (Å²) in [4.78, 5) is 39.2. The fraction of sp³-hybridized carbons (Fsp3) is 0.130. The lowest BCUT2D eigenvalue weighted by Crippen LogP contribution is -2.37. The first kappa shape index (κ1) is 22.4. The number of benzene rings is 2. The maximum absolute atomic E-state index is 12.0. The monoisotopic (exact) mass is 464 g/mol. The van der Waals surface area contributed by atoms with Gasteiger partial charge in [0.05, 0.1) is 6.33 Å². The largest absolute Gasteiger partial charge is 0.504 e. The number of aromatic nitrogens is 4. The van der Waals surface area contributed by atoms with Gasteiger partial charge in [0.1, 0.15) is 16.7 Å². The van der Waals surface area contributed by atoms with Gasteiger partial charge in [-0.2, -0.15) is 0 Å². The van der Waals surface area contributed by atoms with E-state index in [0.29, 0.717) is 22.5 Å². The van der Waals surface area contributed by atoms with E-state index in [9.17, 15) is 29.7 Å². The summed E-state index contributed by atoms with van der Waals surface area (Å²) in [7, 11) is 4.77. The summed E-state index contributed by atoms with van der Waals surface area (Å²) in [6, 6.07) is 11.3. The Labute approximate surface area is 190 Å². The minimum Gasteiger partial charge on any atom is -0.504 e. The van der Waals surface area contributed by atoms with Gasteiger partial charge >= 0.3 is 5.69 Å². The smallest absolute Gasteiger partial charge is 0.332 e. The number of fused-ring (bicyclic) bond motifs is 2. The van der Waals surface area contributed by atoms with Crippen molar-refractivity contribution in [3.8, 4) is 28.6 Å². The van der Waals surface area contributed by atoms with Crippen molar-refractivity contribution in [3.05, 3.63) is 79.9 Å². The van der Waals surface area contributed by atoms with Crippen LogP contribution in [0.25, 0.3) is 33.5 Å². The topological polar surface area (TPSA) is 153 Å². The highest BCUT2D eigenvalue weighted by Crippen LogP contribution is 2.40. The number of hydrogen-bond acceptors (Lipinski definition) is 8. The van der Waals surface area contributed by atoms with Crippen LogP contribution in [-0.2, 0) is 21.1 Å². The highest BCUT2D eigenvalue weighted by atomic mass is 16.3. The van der Waals surface area contributed by atoms with E-state index < -0.39 is 22.7 Å². The van der Waals surface area contributed by atoms with Gasteiger partial charge in [-0.05, 0) is 0 Å². The third-order valence-corrected chi connectivity index (χ3v) is 5.32. The Kier molecular flexibility index (Phi) is 5.45. The predicted molar refractivity (Wildman–Crippen MR) is 124 cm³/mol. The summed E-state index contributed by atoms with van der Waals surface area (Å²) in [5, 5.41) is 28.5. The van der Waals surface area contributed by atoms with Crippen LogP contribution < -0.4 is 16.7 Å². The van der Waals surface area contributed by atoms with Crippen molar-refractivity contribution in [1.29, 1.82) is 0 Å². The second kappa shape index (κ2) is 8.28. The van der Waals surface area contributed by atoms with Crippen molar-refractivity contribution in [2.24, 2.45) is 21.1 Å². The molecule has 5 rings (SSSR count). The first-order chi connectivity index (χ1) is 16.1. The quantitative estimate of drug-likeness (QED) is 0.316. The van der Waals surface area contributed by atoms with Gasteiger partial charge in [0.2, 0.25) is 5.75 Å². The zero-order valence-corrected chi connectivity index (χ0v) is 18.4. The van der Waals surface area contributed by atoms with E-state index in [4.69, 9.17) is 4.42 Å². The molecule has 0 bridgehead atoms. The van der Waals surface area contributed by atoms with Crippen LogP contribution in [0.4, 0.5) is 0 Å². The van der Waals surface area contributed by atoms with Crippen molar-refractivity contribution in [1.82, 2.24) is 18.7 Å². The number of imidazole rings is 1. The maximum atomic E-state index is 12.0. The lowest BCUT2D eigenvalue weighted by atomic mass is 10.1. The second-order valence-corrected chi connectivity index (χ2v) is 7.54. The molecule has 2 aromatic carbocycles. The zero-order valence-electron chi connectivity index (χ0n) is 18.4. The standard InChI is InChI=1S/C15H10O5.C8H10N4O2/c16-9-6-11(8-4-2-1-3-5-8)20-12-7-10(17)14(18)15(19)13(9)12;1-10-4-9-6-5(10)7(13)12(3)8(14)11(6)2/h1-7,17-19H;4H,1-3H3. The molecule has 0 saturated heterocycles. The fourth-order valence-corrected chi connectivity index (χ4v) is 3.49. The molecule has 0 aliphatic carbocycles. The number of phenolic OH excluding ortho intramolecular Hbond substituents is 3. The highest BCUT2D eigenvalue weighted by Gasteiger charge is 2.17. The van der Waals surface area contributed by atoms with Gasteiger partial charge in [-0.15, -0.1) is 0 Å². The molecule has 3 aromatic heterocycles. The molecule has 5 aromatic rings. The van der Waals surface area contributed by atoms with Gasteiger partial charge in [-0.25, -0.2) is 9.78 Å². The Balaban J connectivity index is 0.000000172. The molecule has 0 amide bonds. The summed E-state index contributed by atoms with van der Waals surface area (Å²) in [5.74, 6) is -1.67. The van der Waals surface area contributed by atoms with Crippen molar-refractivity contribution in [2.45, 2.75) is 0 Å². The van der Waals surface area contributed by atoms with Crippen molar-refractivity contribution in [2.75, 3.05) is 0 Å². The molecule has 34 heavy (non-hydrogen) atoms. The van der Waals surface area contributed by atoms with Gasteiger partial charge in [-0.1, -0.05) is 30.3 Å². The highest BCUT2D eigenvalue weighted by molar-refractivity contribution is 5.89. The number of phenols is 3. The molecule has 0 aliphatic heterocycles. The van der Waals surface area contributed by atoms with E-state index in [1.165, 1.54) is 24.0 Å². The van der Waals surface area contributed by atoms with Crippen molar-refractivity contribution in [3.63, 3.8) is 0 Å². The Morgan fingerprint density at radius 2 is 1.56 bits per heavy atom. The zero-order chi connectivity index (χ0) is 24.7. The molecular formula is C23H20N4O7. The van der Waals surface area contributed by atoms with E-state index in [1.807, 2.05) is 6.07 Å². The van der Waals surface area contributed by atoms with E-state index in [1.54, 1.807) is 42.9 Å². The number of nitrogens with zero attached hydrogens (tertiary/aromatic N) is 4. The predicted octanol–water partition coefficient (Wildman–Crippen LogP) is 1.55. The Hall–Kier alpha value is -4.80. The molecule has 174 valence electrons. The summed E-state index contributed by atoms with van der Waals surface area (Å²) in [6.07, 6.45) is 1.52. The van der Waals surface area contributed by atoms with E-state index >= 15 is 0 Å². The molecule has 0 unspecified atom stereocenters. The minimum atomic E-state index is -0.739. The SMILES string of the molecule is Cn1c(=O)c2c(ncn2C)n(C)c1=O.O=c1cc(-c2ccccc2)oc2cc(O)c(O)c(O)c12. The average Bonchev–Trinajstić information content (AvgIpc) is 3.22. The minimum absolute atomic E-state index is 0.00385. The van der Waals surface area contributed by atoms with Crippen LogP contribution in [0, 0.1) is 0 Å². The van der Waals surface area contributed by atoms with Crippen molar-refractivity contribution >= 4 is 22.1 Å². The maximum Gasteiger partial charge on any atom is 0.332 e. The fourth-order valence-electron chi connectivity index (χ4n) is 3.49. The van der Waals surface area contributed by atoms with Crippen LogP contribution in [0.5, 0.6) is 17.2 Å². The van der Waals surface area contributed by atoms with Crippen molar-refractivity contribution < 1.29 is 19.7 Å². The second-order valence-electron chi connectivity index (χ2n) is 7.54. The molecular weight excluding hydrogens is 444 g/mol. The van der Waals surface area contributed by atoms with Crippen LogP contribution in [0.15, 0.2) is 67.6 Å². The van der Waals surface area contributed by atoms with Crippen LogP contribution in [0.2, 0.25) is 0 Å². The Bertz CT molecular complexity index is 1730. The Morgan fingerprint density at radius 3 is 2.24 bits per heavy atom. The summed E-state index contributed by atoms with van der Waals surface area (Å²) in [5.41, 5.74) is 0.375. The molecule has 0 atom stereocenters. The van der Waals surface area contributed by atoms with E-state index in [-0.39, 0.29) is 22.2 Å². The van der Waals surface area contributed by atoms with Crippen LogP contribution in [0.1, 0.15) is 0 Å². The molecule has 0 spiro atoms. The summed E-state index contributed by atoms with van der Waals surface area (Å²) < 4.78 is 9.55. The van der Waals surface area contributed by atoms with Gasteiger partial charge in [0.25, 0.3) is 5.56 Å². The first-order valence-electron chi connectivity index (χ1n) is 9.96.